The number of rotatable bonds is 1. The summed E-state index contributed by atoms with van der Waals surface area (Å²) in [6, 6.07) is 15.5. The zero-order valence-electron chi connectivity index (χ0n) is 9.18. The lowest BCUT2D eigenvalue weighted by Crippen LogP contribution is -2.32. The average Bonchev–Trinajstić information content (AvgIpc) is 2.65. The van der Waals surface area contributed by atoms with E-state index >= 15 is 0 Å². The van der Waals surface area contributed by atoms with Gasteiger partial charge in [0, 0.05) is 0 Å². The summed E-state index contributed by atoms with van der Waals surface area (Å²) < 4.78 is 0. The molecule has 1 aliphatic rings. The summed E-state index contributed by atoms with van der Waals surface area (Å²) in [5.41, 5.74) is 9.78. The molecule has 3 N–H and O–H groups in total. The number of carbonyl (C=O) groups excluding carboxylic acids is 1. The summed E-state index contributed by atoms with van der Waals surface area (Å²) in [6.45, 7) is 0. The normalized spacial score (nSPS) is 12.9. The predicted octanol–water partition coefficient (Wildman–Crippen LogP) is 2.42. The van der Waals surface area contributed by atoms with E-state index in [-0.39, 0.29) is 6.04 Å². The lowest BCUT2D eigenvalue weighted by molar-refractivity contribution is 0.247. The van der Waals surface area contributed by atoms with Crippen molar-refractivity contribution in [1.82, 2.24) is 5.32 Å². The van der Waals surface area contributed by atoms with Gasteiger partial charge in [0.25, 0.3) is 0 Å². The summed E-state index contributed by atoms with van der Waals surface area (Å²) in [4.78, 5) is 11.1. The molecule has 0 aromatic heterocycles. The molecule has 2 aromatic rings. The van der Waals surface area contributed by atoms with Crippen molar-refractivity contribution in [2.24, 2.45) is 5.73 Å². The van der Waals surface area contributed by atoms with Crippen LogP contribution in [0.15, 0.2) is 48.5 Å². The van der Waals surface area contributed by atoms with Crippen LogP contribution in [0.1, 0.15) is 17.2 Å². The number of fused-ring (bicyclic) bond motifs is 3. The summed E-state index contributed by atoms with van der Waals surface area (Å²) in [5.74, 6) is 0. The first kappa shape index (κ1) is 9.90. The van der Waals surface area contributed by atoms with E-state index in [0.717, 1.165) is 11.1 Å². The fraction of sp³-hybridized carbons (Fsp3) is 0.0714. The molecular formula is C14H12N2O. The molecule has 2 amide bonds. The number of urea groups is 1. The molecule has 0 aliphatic heterocycles. The molecule has 0 atom stereocenters. The monoisotopic (exact) mass is 224 g/mol. The summed E-state index contributed by atoms with van der Waals surface area (Å²) in [7, 11) is 0. The van der Waals surface area contributed by atoms with Gasteiger partial charge >= 0.3 is 6.03 Å². The SMILES string of the molecule is NC(=O)NC1c2ccccc2-c2ccccc21. The van der Waals surface area contributed by atoms with Crippen molar-refractivity contribution in [3.05, 3.63) is 59.7 Å². The van der Waals surface area contributed by atoms with Gasteiger partial charge < -0.3 is 11.1 Å². The molecule has 1 aliphatic carbocycles. The van der Waals surface area contributed by atoms with Crippen LogP contribution in [0.2, 0.25) is 0 Å². The molecule has 17 heavy (non-hydrogen) atoms. The Labute approximate surface area is 99.3 Å². The van der Waals surface area contributed by atoms with Gasteiger partial charge in [0.1, 0.15) is 0 Å². The van der Waals surface area contributed by atoms with Crippen LogP contribution in [0, 0.1) is 0 Å². The van der Waals surface area contributed by atoms with E-state index in [0.29, 0.717) is 0 Å². The van der Waals surface area contributed by atoms with Crippen molar-refractivity contribution < 1.29 is 4.79 Å². The molecule has 0 saturated carbocycles. The molecule has 0 spiro atoms. The van der Waals surface area contributed by atoms with Crippen molar-refractivity contribution in [3.63, 3.8) is 0 Å². The highest BCUT2D eigenvalue weighted by Gasteiger charge is 2.28. The number of nitrogens with two attached hydrogens (primary N) is 1. The first-order chi connectivity index (χ1) is 8.27. The number of nitrogens with one attached hydrogen (secondary N) is 1. The van der Waals surface area contributed by atoms with Crippen LogP contribution in [0.25, 0.3) is 11.1 Å². The fourth-order valence-electron chi connectivity index (χ4n) is 2.45. The average molecular weight is 224 g/mol. The molecule has 0 fully saturated rings. The number of benzene rings is 2. The zero-order chi connectivity index (χ0) is 11.8. The van der Waals surface area contributed by atoms with Gasteiger partial charge in [-0.3, -0.25) is 0 Å². The van der Waals surface area contributed by atoms with E-state index in [1.165, 1.54) is 11.1 Å². The Kier molecular flexibility index (Phi) is 2.11. The van der Waals surface area contributed by atoms with Crippen LogP contribution in [0.5, 0.6) is 0 Å². The van der Waals surface area contributed by atoms with Crippen LogP contribution >= 0.6 is 0 Å². The van der Waals surface area contributed by atoms with E-state index in [1.807, 2.05) is 36.4 Å². The Balaban J connectivity index is 2.20. The molecule has 3 nitrogen and oxygen atoms in total. The number of hydrogen-bond donors (Lipinski definition) is 2. The Hall–Kier alpha value is -2.29. The van der Waals surface area contributed by atoms with Gasteiger partial charge in [-0.2, -0.15) is 0 Å². The van der Waals surface area contributed by atoms with E-state index < -0.39 is 6.03 Å². The van der Waals surface area contributed by atoms with Gasteiger partial charge in [0.15, 0.2) is 0 Å². The second kappa shape index (κ2) is 3.63. The van der Waals surface area contributed by atoms with Gasteiger partial charge in [0.2, 0.25) is 0 Å². The maximum absolute atomic E-state index is 11.1. The van der Waals surface area contributed by atoms with Crippen LogP contribution in [-0.4, -0.2) is 6.03 Å². The molecule has 0 heterocycles. The standard InChI is InChI=1S/C14H12N2O/c15-14(17)16-13-11-7-3-1-5-9(11)10-6-2-4-8-12(10)13/h1-8,13H,(H3,15,16,17). The summed E-state index contributed by atoms with van der Waals surface area (Å²) in [5, 5.41) is 2.79. The van der Waals surface area contributed by atoms with Crippen molar-refractivity contribution in [2.45, 2.75) is 6.04 Å². The molecule has 0 bridgehead atoms. The highest BCUT2D eigenvalue weighted by Crippen LogP contribution is 2.42. The Morgan fingerprint density at radius 1 is 0.941 bits per heavy atom. The number of hydrogen-bond acceptors (Lipinski definition) is 1. The first-order valence-electron chi connectivity index (χ1n) is 5.51. The number of primary amides is 1. The maximum atomic E-state index is 11.1. The first-order valence-corrected chi connectivity index (χ1v) is 5.51. The fourth-order valence-corrected chi connectivity index (χ4v) is 2.45. The quantitative estimate of drug-likeness (QED) is 0.768. The van der Waals surface area contributed by atoms with E-state index in [9.17, 15) is 4.79 Å². The third-order valence-electron chi connectivity index (χ3n) is 3.12. The van der Waals surface area contributed by atoms with Crippen LogP contribution < -0.4 is 11.1 Å². The molecule has 2 aromatic carbocycles. The highest BCUT2D eigenvalue weighted by molar-refractivity contribution is 5.81. The predicted molar refractivity (Wildman–Crippen MR) is 66.4 cm³/mol. The smallest absolute Gasteiger partial charge is 0.312 e. The molecule has 0 unspecified atom stereocenters. The van der Waals surface area contributed by atoms with Crippen molar-refractivity contribution in [3.8, 4) is 11.1 Å². The topological polar surface area (TPSA) is 55.1 Å². The molecule has 0 radical (unpaired) electrons. The Morgan fingerprint density at radius 3 is 1.88 bits per heavy atom. The number of carbonyl (C=O) groups is 1. The molecule has 3 rings (SSSR count). The van der Waals surface area contributed by atoms with Gasteiger partial charge in [-0.05, 0) is 22.3 Å². The summed E-state index contributed by atoms with van der Waals surface area (Å²) in [6.07, 6.45) is 0. The van der Waals surface area contributed by atoms with Crippen molar-refractivity contribution in [2.75, 3.05) is 0 Å². The molecule has 0 saturated heterocycles. The van der Waals surface area contributed by atoms with Gasteiger partial charge in [-0.15, -0.1) is 0 Å². The molecular weight excluding hydrogens is 212 g/mol. The number of amides is 2. The Morgan fingerprint density at radius 2 is 1.41 bits per heavy atom. The lowest BCUT2D eigenvalue weighted by Gasteiger charge is -2.13. The van der Waals surface area contributed by atoms with E-state index in [4.69, 9.17) is 5.73 Å². The summed E-state index contributed by atoms with van der Waals surface area (Å²) >= 11 is 0. The van der Waals surface area contributed by atoms with E-state index in [2.05, 4.69) is 17.4 Å². The third kappa shape index (κ3) is 1.47. The van der Waals surface area contributed by atoms with Crippen LogP contribution in [0.3, 0.4) is 0 Å². The zero-order valence-corrected chi connectivity index (χ0v) is 9.18. The van der Waals surface area contributed by atoms with Crippen LogP contribution in [0.4, 0.5) is 4.79 Å². The minimum atomic E-state index is -0.499. The lowest BCUT2D eigenvalue weighted by atomic mass is 10.1. The largest absolute Gasteiger partial charge is 0.352 e. The molecule has 3 heteroatoms. The van der Waals surface area contributed by atoms with Gasteiger partial charge in [-0.1, -0.05) is 48.5 Å². The van der Waals surface area contributed by atoms with Gasteiger partial charge in [0.05, 0.1) is 6.04 Å². The second-order valence-electron chi connectivity index (χ2n) is 4.12. The van der Waals surface area contributed by atoms with E-state index in [1.54, 1.807) is 0 Å². The third-order valence-corrected chi connectivity index (χ3v) is 3.12. The second-order valence-corrected chi connectivity index (χ2v) is 4.12. The molecule has 84 valence electrons. The highest BCUT2D eigenvalue weighted by atomic mass is 16.2. The van der Waals surface area contributed by atoms with Crippen molar-refractivity contribution in [1.29, 1.82) is 0 Å². The minimum absolute atomic E-state index is 0.125. The maximum Gasteiger partial charge on any atom is 0.312 e. The van der Waals surface area contributed by atoms with Crippen molar-refractivity contribution >= 4 is 6.03 Å². The van der Waals surface area contributed by atoms with Crippen LogP contribution in [-0.2, 0) is 0 Å². The van der Waals surface area contributed by atoms with Gasteiger partial charge in [-0.25, -0.2) is 4.79 Å². The Bertz CT molecular complexity index is 547. The minimum Gasteiger partial charge on any atom is -0.352 e.